The highest BCUT2D eigenvalue weighted by atomic mass is 32.2. The lowest BCUT2D eigenvalue weighted by Crippen LogP contribution is -2.48. The predicted molar refractivity (Wildman–Crippen MR) is 96.9 cm³/mol. The molecule has 1 fully saturated rings. The molecule has 2 amide bonds. The molecule has 1 heterocycles. The van der Waals surface area contributed by atoms with E-state index in [2.05, 4.69) is 10.0 Å². The molecule has 7 nitrogen and oxygen atoms in total. The fourth-order valence-corrected chi connectivity index (χ4v) is 3.37. The third-order valence-corrected chi connectivity index (χ3v) is 4.84. The van der Waals surface area contributed by atoms with Gasteiger partial charge in [-0.25, -0.2) is 8.42 Å². The van der Waals surface area contributed by atoms with Crippen LogP contribution in [0.15, 0.2) is 24.3 Å². The number of benzene rings is 1. The number of nitrogens with one attached hydrogen (secondary N) is 2. The summed E-state index contributed by atoms with van der Waals surface area (Å²) in [4.78, 5) is 26.8. The molecule has 138 valence electrons. The summed E-state index contributed by atoms with van der Waals surface area (Å²) in [6.07, 6.45) is 3.28. The van der Waals surface area contributed by atoms with Gasteiger partial charge in [0.15, 0.2) is 0 Å². The van der Waals surface area contributed by atoms with E-state index in [1.165, 1.54) is 6.07 Å². The van der Waals surface area contributed by atoms with Crippen molar-refractivity contribution in [3.8, 4) is 0 Å². The van der Waals surface area contributed by atoms with Crippen LogP contribution in [-0.2, 0) is 14.8 Å². The first-order valence-electron chi connectivity index (χ1n) is 8.40. The van der Waals surface area contributed by atoms with Crippen LogP contribution in [0, 0.1) is 0 Å². The molecule has 25 heavy (non-hydrogen) atoms. The predicted octanol–water partition coefficient (Wildman–Crippen LogP) is 1.58. The Kier molecular flexibility index (Phi) is 6.05. The van der Waals surface area contributed by atoms with Gasteiger partial charge >= 0.3 is 0 Å². The average Bonchev–Trinajstić information content (AvgIpc) is 3.02. The molecule has 1 aliphatic heterocycles. The Morgan fingerprint density at radius 1 is 1.36 bits per heavy atom. The molecule has 1 aromatic rings. The van der Waals surface area contributed by atoms with E-state index in [1.807, 2.05) is 13.8 Å². The topological polar surface area (TPSA) is 95.6 Å². The quantitative estimate of drug-likeness (QED) is 0.798. The van der Waals surface area contributed by atoms with Gasteiger partial charge in [0.2, 0.25) is 15.9 Å². The van der Waals surface area contributed by atoms with Gasteiger partial charge < -0.3 is 10.2 Å². The summed E-state index contributed by atoms with van der Waals surface area (Å²) in [5.41, 5.74) is 0.685. The fourth-order valence-electron chi connectivity index (χ4n) is 2.82. The highest BCUT2D eigenvalue weighted by Gasteiger charge is 2.34. The Labute approximate surface area is 148 Å². The Hall–Kier alpha value is -2.09. The monoisotopic (exact) mass is 367 g/mol. The summed E-state index contributed by atoms with van der Waals surface area (Å²) in [6.45, 7) is 4.43. The number of sulfonamides is 1. The summed E-state index contributed by atoms with van der Waals surface area (Å²) >= 11 is 0. The van der Waals surface area contributed by atoms with Crippen molar-refractivity contribution in [2.24, 2.45) is 0 Å². The van der Waals surface area contributed by atoms with E-state index in [4.69, 9.17) is 0 Å². The number of hydrogen-bond acceptors (Lipinski definition) is 4. The Bertz CT molecular complexity index is 748. The summed E-state index contributed by atoms with van der Waals surface area (Å²) in [5.74, 6) is -0.399. The molecule has 1 saturated heterocycles. The van der Waals surface area contributed by atoms with Crippen LogP contribution in [0.2, 0.25) is 0 Å². The molecule has 8 heteroatoms. The summed E-state index contributed by atoms with van der Waals surface area (Å²) < 4.78 is 25.1. The van der Waals surface area contributed by atoms with Gasteiger partial charge in [0.1, 0.15) is 6.04 Å². The maximum atomic E-state index is 12.8. The van der Waals surface area contributed by atoms with E-state index in [-0.39, 0.29) is 17.9 Å². The van der Waals surface area contributed by atoms with Gasteiger partial charge in [-0.2, -0.15) is 0 Å². The Morgan fingerprint density at radius 2 is 2.08 bits per heavy atom. The van der Waals surface area contributed by atoms with Crippen LogP contribution in [0.3, 0.4) is 0 Å². The average molecular weight is 367 g/mol. The van der Waals surface area contributed by atoms with Crippen molar-refractivity contribution in [3.63, 3.8) is 0 Å². The second-order valence-electron chi connectivity index (χ2n) is 6.43. The molecule has 2 N–H and O–H groups in total. The van der Waals surface area contributed by atoms with Crippen LogP contribution < -0.4 is 10.0 Å². The van der Waals surface area contributed by atoms with E-state index < -0.39 is 16.1 Å². The van der Waals surface area contributed by atoms with Crippen molar-refractivity contribution in [2.75, 3.05) is 17.5 Å². The fraction of sp³-hybridized carbons (Fsp3) is 0.529. The first kappa shape index (κ1) is 19.2. The highest BCUT2D eigenvalue weighted by Crippen LogP contribution is 2.22. The van der Waals surface area contributed by atoms with Gasteiger partial charge in [0, 0.05) is 23.8 Å². The molecule has 0 spiro atoms. The molecule has 0 aromatic heterocycles. The van der Waals surface area contributed by atoms with Gasteiger partial charge in [-0.1, -0.05) is 13.0 Å². The van der Waals surface area contributed by atoms with Crippen LogP contribution in [0.4, 0.5) is 5.69 Å². The van der Waals surface area contributed by atoms with E-state index >= 15 is 0 Å². The zero-order valence-electron chi connectivity index (χ0n) is 14.8. The van der Waals surface area contributed by atoms with Crippen molar-refractivity contribution in [2.45, 2.75) is 45.2 Å². The standard InChI is InChI=1S/C17H25N3O4S/c1-4-12(2)18-16(21)15-9-6-10-20(15)17(22)13-7-5-8-14(11-13)19-25(3,23)24/h5,7-8,11-12,15,19H,4,6,9-10H2,1-3H3,(H,18,21). The minimum Gasteiger partial charge on any atom is -0.352 e. The maximum Gasteiger partial charge on any atom is 0.254 e. The van der Waals surface area contributed by atoms with Crippen molar-refractivity contribution >= 4 is 27.5 Å². The van der Waals surface area contributed by atoms with Gasteiger partial charge in [0.25, 0.3) is 5.91 Å². The Balaban J connectivity index is 2.16. The highest BCUT2D eigenvalue weighted by molar-refractivity contribution is 7.92. The van der Waals surface area contributed by atoms with Crippen LogP contribution in [-0.4, -0.2) is 50.0 Å². The number of hydrogen-bond donors (Lipinski definition) is 2. The van der Waals surface area contributed by atoms with E-state index in [0.717, 1.165) is 19.1 Å². The lowest BCUT2D eigenvalue weighted by molar-refractivity contribution is -0.125. The second kappa shape index (κ2) is 7.86. The third kappa shape index (κ3) is 5.19. The van der Waals surface area contributed by atoms with Crippen LogP contribution in [0.1, 0.15) is 43.5 Å². The molecule has 2 atom stereocenters. The molecule has 2 rings (SSSR count). The molecular formula is C17H25N3O4S. The number of carbonyl (C=O) groups is 2. The molecule has 2 unspecified atom stereocenters. The number of anilines is 1. The first-order chi connectivity index (χ1) is 11.7. The van der Waals surface area contributed by atoms with Crippen LogP contribution in [0.25, 0.3) is 0 Å². The number of likely N-dealkylation sites (tertiary alicyclic amines) is 1. The SMILES string of the molecule is CCC(C)NC(=O)C1CCCN1C(=O)c1cccc(NS(C)(=O)=O)c1. The summed E-state index contributed by atoms with van der Waals surface area (Å²) in [5, 5.41) is 2.93. The zero-order chi connectivity index (χ0) is 18.6. The number of carbonyl (C=O) groups excluding carboxylic acids is 2. The number of amides is 2. The normalized spacial score (nSPS) is 18.7. The van der Waals surface area contributed by atoms with Gasteiger partial charge in [-0.05, 0) is 44.4 Å². The largest absolute Gasteiger partial charge is 0.352 e. The molecule has 0 radical (unpaired) electrons. The van der Waals surface area contributed by atoms with E-state index in [1.54, 1.807) is 23.1 Å². The molecule has 1 aliphatic rings. The number of nitrogens with zero attached hydrogens (tertiary/aromatic N) is 1. The lowest BCUT2D eigenvalue weighted by Gasteiger charge is -2.25. The van der Waals surface area contributed by atoms with Crippen molar-refractivity contribution in [3.05, 3.63) is 29.8 Å². The van der Waals surface area contributed by atoms with Crippen molar-refractivity contribution in [1.29, 1.82) is 0 Å². The molecule has 0 saturated carbocycles. The number of rotatable bonds is 6. The summed E-state index contributed by atoms with van der Waals surface area (Å²) in [6, 6.07) is 5.89. The smallest absolute Gasteiger partial charge is 0.254 e. The van der Waals surface area contributed by atoms with Crippen LogP contribution in [0.5, 0.6) is 0 Å². The van der Waals surface area contributed by atoms with E-state index in [0.29, 0.717) is 24.2 Å². The third-order valence-electron chi connectivity index (χ3n) is 4.23. The molecule has 0 bridgehead atoms. The maximum absolute atomic E-state index is 12.8. The Morgan fingerprint density at radius 3 is 2.72 bits per heavy atom. The minimum atomic E-state index is -3.42. The van der Waals surface area contributed by atoms with Gasteiger partial charge in [-0.15, -0.1) is 0 Å². The van der Waals surface area contributed by atoms with Crippen molar-refractivity contribution in [1.82, 2.24) is 10.2 Å². The van der Waals surface area contributed by atoms with Gasteiger partial charge in [-0.3, -0.25) is 14.3 Å². The van der Waals surface area contributed by atoms with Crippen molar-refractivity contribution < 1.29 is 18.0 Å². The lowest BCUT2D eigenvalue weighted by atomic mass is 10.1. The van der Waals surface area contributed by atoms with E-state index in [9.17, 15) is 18.0 Å². The second-order valence-corrected chi connectivity index (χ2v) is 8.18. The van der Waals surface area contributed by atoms with Crippen LogP contribution >= 0.6 is 0 Å². The van der Waals surface area contributed by atoms with Gasteiger partial charge in [0.05, 0.1) is 6.26 Å². The zero-order valence-corrected chi connectivity index (χ0v) is 15.6. The first-order valence-corrected chi connectivity index (χ1v) is 10.3. The molecular weight excluding hydrogens is 342 g/mol. The molecule has 0 aliphatic carbocycles. The molecule has 1 aromatic carbocycles. The minimum absolute atomic E-state index is 0.0624. The summed E-state index contributed by atoms with van der Waals surface area (Å²) in [7, 11) is -3.42.